The smallest absolute Gasteiger partial charge is 0.267 e. The third-order valence-electron chi connectivity index (χ3n) is 4.12. The van der Waals surface area contributed by atoms with Crippen LogP contribution in [0.25, 0.3) is 11.3 Å². The van der Waals surface area contributed by atoms with E-state index in [0.717, 1.165) is 11.1 Å². The van der Waals surface area contributed by atoms with E-state index in [2.05, 4.69) is 10.2 Å². The van der Waals surface area contributed by atoms with E-state index in [4.69, 9.17) is 14.2 Å². The Bertz CT molecular complexity index is 952. The van der Waals surface area contributed by atoms with Crippen LogP contribution >= 0.6 is 0 Å². The topological polar surface area (TPSA) is 73.4 Å². The van der Waals surface area contributed by atoms with Crippen LogP contribution in [0, 0.1) is 0 Å². The molecule has 0 aliphatic rings. The first-order valence-corrected chi connectivity index (χ1v) is 8.09. The number of benzene rings is 2. The molecule has 0 aliphatic heterocycles. The molecule has 3 aromatic rings. The largest absolute Gasteiger partial charge is 0.493 e. The summed E-state index contributed by atoms with van der Waals surface area (Å²) < 4.78 is 16.2. The molecule has 1 heterocycles. The van der Waals surface area contributed by atoms with Gasteiger partial charge in [-0.15, -0.1) is 0 Å². The molecule has 0 atom stereocenters. The van der Waals surface area contributed by atoms with Gasteiger partial charge in [0.1, 0.15) is 0 Å². The Labute approximate surface area is 151 Å². The van der Waals surface area contributed by atoms with Crippen molar-refractivity contribution >= 4 is 0 Å². The molecule has 0 amide bonds. The maximum absolute atomic E-state index is 12.3. The highest BCUT2D eigenvalue weighted by molar-refractivity contribution is 5.60. The molecule has 3 rings (SSSR count). The van der Waals surface area contributed by atoms with Gasteiger partial charge in [0.25, 0.3) is 5.56 Å². The normalized spacial score (nSPS) is 10.4. The quantitative estimate of drug-likeness (QED) is 0.738. The Morgan fingerprint density at radius 3 is 2.27 bits per heavy atom. The van der Waals surface area contributed by atoms with Gasteiger partial charge in [-0.3, -0.25) is 4.79 Å². The fourth-order valence-corrected chi connectivity index (χ4v) is 2.84. The van der Waals surface area contributed by atoms with Crippen molar-refractivity contribution in [3.63, 3.8) is 0 Å². The molecule has 6 nitrogen and oxygen atoms in total. The lowest BCUT2D eigenvalue weighted by molar-refractivity contribution is 0.322. The summed E-state index contributed by atoms with van der Waals surface area (Å²) in [7, 11) is 4.68. The molecule has 0 spiro atoms. The van der Waals surface area contributed by atoms with Gasteiger partial charge in [-0.05, 0) is 12.1 Å². The van der Waals surface area contributed by atoms with Crippen molar-refractivity contribution < 1.29 is 14.2 Å². The molecule has 0 saturated heterocycles. The second-order valence-electron chi connectivity index (χ2n) is 5.64. The molecular formula is C20H20N2O4. The molecule has 0 fully saturated rings. The lowest BCUT2D eigenvalue weighted by Gasteiger charge is -2.15. The molecule has 6 heteroatoms. The lowest BCUT2D eigenvalue weighted by atomic mass is 10.0. The summed E-state index contributed by atoms with van der Waals surface area (Å²) >= 11 is 0. The van der Waals surface area contributed by atoms with Gasteiger partial charge in [-0.25, -0.2) is 5.10 Å². The fraction of sp³-hybridized carbons (Fsp3) is 0.200. The van der Waals surface area contributed by atoms with Gasteiger partial charge in [0.05, 0.1) is 27.0 Å². The van der Waals surface area contributed by atoms with E-state index in [9.17, 15) is 4.79 Å². The van der Waals surface area contributed by atoms with Crippen molar-refractivity contribution in [3.05, 3.63) is 70.0 Å². The Hall–Kier alpha value is -3.28. The Morgan fingerprint density at radius 1 is 0.885 bits per heavy atom. The van der Waals surface area contributed by atoms with Crippen molar-refractivity contribution in [2.45, 2.75) is 6.42 Å². The van der Waals surface area contributed by atoms with Gasteiger partial charge in [-0.2, -0.15) is 5.10 Å². The number of methoxy groups -OCH3 is 3. The van der Waals surface area contributed by atoms with Crippen LogP contribution in [0.1, 0.15) is 11.1 Å². The fourth-order valence-electron chi connectivity index (χ4n) is 2.84. The van der Waals surface area contributed by atoms with Crippen molar-refractivity contribution in [2.75, 3.05) is 21.3 Å². The van der Waals surface area contributed by atoms with E-state index in [-0.39, 0.29) is 5.56 Å². The molecule has 0 unspecified atom stereocenters. The summed E-state index contributed by atoms with van der Waals surface area (Å²) in [6.45, 7) is 0. The predicted molar refractivity (Wildman–Crippen MR) is 99.2 cm³/mol. The number of ether oxygens (including phenoxy) is 3. The first-order valence-electron chi connectivity index (χ1n) is 8.09. The highest BCUT2D eigenvalue weighted by Crippen LogP contribution is 2.40. The number of aromatic amines is 1. The summed E-state index contributed by atoms with van der Waals surface area (Å²) in [5.74, 6) is 1.62. The average Bonchev–Trinajstić information content (AvgIpc) is 2.69. The van der Waals surface area contributed by atoms with E-state index < -0.39 is 0 Å². The monoisotopic (exact) mass is 352 g/mol. The van der Waals surface area contributed by atoms with Crippen LogP contribution < -0.4 is 19.8 Å². The molecule has 134 valence electrons. The zero-order valence-corrected chi connectivity index (χ0v) is 14.9. The van der Waals surface area contributed by atoms with Crippen molar-refractivity contribution in [1.29, 1.82) is 0 Å². The van der Waals surface area contributed by atoms with Crippen LogP contribution in [0.15, 0.2) is 53.3 Å². The first kappa shape index (κ1) is 17.5. The van der Waals surface area contributed by atoms with Crippen LogP contribution in [0.4, 0.5) is 0 Å². The molecule has 2 aromatic carbocycles. The number of rotatable bonds is 6. The third kappa shape index (κ3) is 3.39. The number of H-pyrrole nitrogens is 1. The summed E-state index contributed by atoms with van der Waals surface area (Å²) in [5, 5.41) is 6.71. The number of aromatic nitrogens is 2. The SMILES string of the molecule is COc1ccc(Cc2cc(-c3ccccc3)n[nH]c2=O)c(OC)c1OC. The lowest BCUT2D eigenvalue weighted by Crippen LogP contribution is -2.15. The molecule has 26 heavy (non-hydrogen) atoms. The van der Waals surface area contributed by atoms with Gasteiger partial charge in [0, 0.05) is 23.1 Å². The minimum absolute atomic E-state index is 0.235. The minimum atomic E-state index is -0.235. The van der Waals surface area contributed by atoms with E-state index in [1.807, 2.05) is 36.4 Å². The number of hydrogen-bond donors (Lipinski definition) is 1. The summed E-state index contributed by atoms with van der Waals surface area (Å²) in [6.07, 6.45) is 0.376. The summed E-state index contributed by atoms with van der Waals surface area (Å²) in [4.78, 5) is 12.3. The van der Waals surface area contributed by atoms with E-state index in [1.54, 1.807) is 33.5 Å². The Balaban J connectivity index is 2.03. The van der Waals surface area contributed by atoms with E-state index >= 15 is 0 Å². The Kier molecular flexibility index (Phi) is 5.22. The predicted octanol–water partition coefficient (Wildman–Crippen LogP) is 3.05. The van der Waals surface area contributed by atoms with Crippen LogP contribution in [-0.4, -0.2) is 31.5 Å². The van der Waals surface area contributed by atoms with Crippen LogP contribution in [-0.2, 0) is 6.42 Å². The average molecular weight is 352 g/mol. The molecular weight excluding hydrogens is 332 g/mol. The first-order chi connectivity index (χ1) is 12.7. The van der Waals surface area contributed by atoms with Gasteiger partial charge in [-0.1, -0.05) is 36.4 Å². The highest BCUT2D eigenvalue weighted by atomic mass is 16.5. The summed E-state index contributed by atoms with van der Waals surface area (Å²) in [5.41, 5.74) is 2.82. The number of nitrogens with zero attached hydrogens (tertiary/aromatic N) is 1. The summed E-state index contributed by atoms with van der Waals surface area (Å²) in [6, 6.07) is 15.1. The van der Waals surface area contributed by atoms with Gasteiger partial charge < -0.3 is 14.2 Å². The molecule has 0 bridgehead atoms. The zero-order chi connectivity index (χ0) is 18.5. The molecule has 0 radical (unpaired) electrons. The van der Waals surface area contributed by atoms with Gasteiger partial charge in [0.2, 0.25) is 5.75 Å². The highest BCUT2D eigenvalue weighted by Gasteiger charge is 2.17. The maximum Gasteiger partial charge on any atom is 0.267 e. The van der Waals surface area contributed by atoms with Crippen LogP contribution in [0.2, 0.25) is 0 Å². The van der Waals surface area contributed by atoms with Gasteiger partial charge in [0.15, 0.2) is 11.5 Å². The number of hydrogen-bond acceptors (Lipinski definition) is 5. The van der Waals surface area contributed by atoms with Crippen LogP contribution in [0.5, 0.6) is 17.2 Å². The molecule has 1 N–H and O–H groups in total. The number of nitrogens with one attached hydrogen (secondary N) is 1. The maximum atomic E-state index is 12.3. The second-order valence-corrected chi connectivity index (χ2v) is 5.64. The van der Waals surface area contributed by atoms with Gasteiger partial charge >= 0.3 is 0 Å². The molecule has 0 saturated carbocycles. The van der Waals surface area contributed by atoms with Crippen LogP contribution in [0.3, 0.4) is 0 Å². The standard InChI is InChI=1S/C20H20N2O4/c1-24-17-10-9-14(18(25-2)19(17)26-3)11-15-12-16(21-22-20(15)23)13-7-5-4-6-8-13/h4-10,12H,11H2,1-3H3,(H,22,23). The van der Waals surface area contributed by atoms with Crippen molar-refractivity contribution in [2.24, 2.45) is 0 Å². The molecule has 1 aromatic heterocycles. The second kappa shape index (κ2) is 7.74. The zero-order valence-electron chi connectivity index (χ0n) is 14.9. The molecule has 0 aliphatic carbocycles. The third-order valence-corrected chi connectivity index (χ3v) is 4.12. The van der Waals surface area contributed by atoms with Crippen molar-refractivity contribution in [1.82, 2.24) is 10.2 Å². The Morgan fingerprint density at radius 2 is 1.62 bits per heavy atom. The van der Waals surface area contributed by atoms with Crippen molar-refractivity contribution in [3.8, 4) is 28.5 Å². The van der Waals surface area contributed by atoms with E-state index in [0.29, 0.717) is 34.9 Å². The minimum Gasteiger partial charge on any atom is -0.493 e. The van der Waals surface area contributed by atoms with E-state index in [1.165, 1.54) is 0 Å².